The van der Waals surface area contributed by atoms with E-state index in [4.69, 9.17) is 16.7 Å². The molecule has 1 aromatic heterocycles. The number of halogens is 1. The van der Waals surface area contributed by atoms with E-state index in [1.807, 2.05) is 6.07 Å². The number of thiophene rings is 1. The molecule has 5 nitrogen and oxygen atoms in total. The highest BCUT2D eigenvalue weighted by Gasteiger charge is 2.26. The van der Waals surface area contributed by atoms with Gasteiger partial charge < -0.3 is 15.7 Å². The molecule has 7 heteroatoms. The number of aliphatic carboxylic acids is 1. The molecule has 2 rings (SSSR count). The maximum atomic E-state index is 11.7. The summed E-state index contributed by atoms with van der Waals surface area (Å²) in [4.78, 5) is 23.6. The molecule has 1 saturated carbocycles. The molecule has 1 fully saturated rings. The highest BCUT2D eigenvalue weighted by atomic mass is 35.5. The Labute approximate surface area is 126 Å². The summed E-state index contributed by atoms with van der Waals surface area (Å²) in [5, 5.41) is 14.6. The van der Waals surface area contributed by atoms with Gasteiger partial charge in [-0.2, -0.15) is 0 Å². The molecule has 1 aliphatic rings. The van der Waals surface area contributed by atoms with Gasteiger partial charge in [0.25, 0.3) is 0 Å². The number of hydrogen-bond acceptors (Lipinski definition) is 3. The number of nitrogens with one attached hydrogen (secondary N) is 2. The molecule has 0 radical (unpaired) electrons. The van der Waals surface area contributed by atoms with Crippen molar-refractivity contribution >= 4 is 34.9 Å². The van der Waals surface area contributed by atoms with Crippen molar-refractivity contribution in [3.63, 3.8) is 0 Å². The molecule has 0 bridgehead atoms. The Hall–Kier alpha value is -1.27. The Morgan fingerprint density at radius 3 is 2.55 bits per heavy atom. The highest BCUT2D eigenvalue weighted by Crippen LogP contribution is 2.24. The van der Waals surface area contributed by atoms with E-state index >= 15 is 0 Å². The number of rotatable bonds is 4. The monoisotopic (exact) mass is 316 g/mol. The molecule has 0 aliphatic heterocycles. The first-order valence-corrected chi connectivity index (χ1v) is 7.75. The summed E-state index contributed by atoms with van der Waals surface area (Å²) in [7, 11) is 0. The van der Waals surface area contributed by atoms with Gasteiger partial charge in [0.2, 0.25) is 0 Å². The Morgan fingerprint density at radius 1 is 1.30 bits per heavy atom. The lowest BCUT2D eigenvalue weighted by molar-refractivity contribution is -0.142. The molecule has 0 atom stereocenters. The molecule has 2 amide bonds. The second-order valence-corrected chi connectivity index (χ2v) is 6.72. The minimum atomic E-state index is -0.734. The third kappa shape index (κ3) is 4.38. The van der Waals surface area contributed by atoms with Crippen molar-refractivity contribution in [1.82, 2.24) is 10.6 Å². The minimum absolute atomic E-state index is 0.0672. The van der Waals surface area contributed by atoms with Crippen LogP contribution >= 0.6 is 22.9 Å². The maximum absolute atomic E-state index is 11.7. The van der Waals surface area contributed by atoms with Crippen LogP contribution in [0.2, 0.25) is 4.34 Å². The van der Waals surface area contributed by atoms with Crippen molar-refractivity contribution in [2.24, 2.45) is 5.92 Å². The van der Waals surface area contributed by atoms with Gasteiger partial charge in [0.05, 0.1) is 16.8 Å². The van der Waals surface area contributed by atoms with Crippen LogP contribution in [0.1, 0.15) is 30.6 Å². The molecule has 0 aromatic carbocycles. The zero-order chi connectivity index (χ0) is 14.5. The third-order valence-electron chi connectivity index (χ3n) is 3.46. The molecular formula is C13H17ClN2O3S. The molecular weight excluding hydrogens is 300 g/mol. The number of carboxylic acids is 1. The minimum Gasteiger partial charge on any atom is -0.481 e. The summed E-state index contributed by atoms with van der Waals surface area (Å²) >= 11 is 7.25. The number of hydrogen-bond donors (Lipinski definition) is 3. The van der Waals surface area contributed by atoms with Crippen molar-refractivity contribution in [2.45, 2.75) is 38.3 Å². The number of amides is 2. The average Bonchev–Trinajstić information content (AvgIpc) is 2.83. The van der Waals surface area contributed by atoms with Crippen LogP contribution in [-0.4, -0.2) is 23.1 Å². The van der Waals surface area contributed by atoms with E-state index in [1.54, 1.807) is 6.07 Å². The van der Waals surface area contributed by atoms with E-state index in [9.17, 15) is 9.59 Å². The lowest BCUT2D eigenvalue weighted by atomic mass is 9.86. The summed E-state index contributed by atoms with van der Waals surface area (Å²) in [6, 6.07) is 3.53. The number of carboxylic acid groups (broad SMARTS) is 1. The van der Waals surface area contributed by atoms with Gasteiger partial charge in [0.1, 0.15) is 0 Å². The topological polar surface area (TPSA) is 78.4 Å². The van der Waals surface area contributed by atoms with Crippen LogP contribution in [0, 0.1) is 5.92 Å². The Morgan fingerprint density at radius 2 is 2.00 bits per heavy atom. The molecule has 0 saturated heterocycles. The lowest BCUT2D eigenvalue weighted by Crippen LogP contribution is -2.43. The van der Waals surface area contributed by atoms with Gasteiger partial charge in [-0.05, 0) is 37.8 Å². The smallest absolute Gasteiger partial charge is 0.315 e. The molecule has 1 aliphatic carbocycles. The third-order valence-corrected chi connectivity index (χ3v) is 4.69. The number of urea groups is 1. The molecule has 1 aromatic rings. The Balaban J connectivity index is 1.69. The molecule has 20 heavy (non-hydrogen) atoms. The van der Waals surface area contributed by atoms with Gasteiger partial charge in [0, 0.05) is 10.9 Å². The molecule has 110 valence electrons. The molecule has 3 N–H and O–H groups in total. The fourth-order valence-corrected chi connectivity index (χ4v) is 3.36. The summed E-state index contributed by atoms with van der Waals surface area (Å²) in [5.41, 5.74) is 0. The van der Waals surface area contributed by atoms with Crippen LogP contribution in [0.4, 0.5) is 4.79 Å². The van der Waals surface area contributed by atoms with Gasteiger partial charge >= 0.3 is 12.0 Å². The fourth-order valence-electron chi connectivity index (χ4n) is 2.34. The van der Waals surface area contributed by atoms with Crippen LogP contribution in [0.5, 0.6) is 0 Å². The van der Waals surface area contributed by atoms with Crippen molar-refractivity contribution < 1.29 is 14.7 Å². The first kappa shape index (κ1) is 15.1. The zero-order valence-electron chi connectivity index (χ0n) is 10.9. The molecule has 1 heterocycles. The van der Waals surface area contributed by atoms with E-state index in [1.165, 1.54) is 11.3 Å². The largest absolute Gasteiger partial charge is 0.481 e. The van der Waals surface area contributed by atoms with Crippen molar-refractivity contribution in [2.75, 3.05) is 0 Å². The van der Waals surface area contributed by atoms with E-state index in [0.29, 0.717) is 23.7 Å². The van der Waals surface area contributed by atoms with Crippen LogP contribution in [0.3, 0.4) is 0 Å². The first-order valence-electron chi connectivity index (χ1n) is 6.56. The van der Waals surface area contributed by atoms with Crippen LogP contribution < -0.4 is 10.6 Å². The van der Waals surface area contributed by atoms with E-state index in [-0.39, 0.29) is 18.0 Å². The normalized spacial score (nSPS) is 22.2. The zero-order valence-corrected chi connectivity index (χ0v) is 12.5. The van der Waals surface area contributed by atoms with Gasteiger partial charge in [-0.1, -0.05) is 11.6 Å². The van der Waals surface area contributed by atoms with E-state index < -0.39 is 5.97 Å². The fraction of sp³-hybridized carbons (Fsp3) is 0.538. The van der Waals surface area contributed by atoms with E-state index in [2.05, 4.69) is 10.6 Å². The van der Waals surface area contributed by atoms with Gasteiger partial charge in [0.15, 0.2) is 0 Å². The summed E-state index contributed by atoms with van der Waals surface area (Å²) in [6.07, 6.45) is 2.69. The second kappa shape index (κ2) is 6.95. The SMILES string of the molecule is O=C(NCc1ccc(Cl)s1)NC1CCC(C(=O)O)CC1. The van der Waals surface area contributed by atoms with Gasteiger partial charge in [-0.3, -0.25) is 4.79 Å². The van der Waals surface area contributed by atoms with Crippen molar-refractivity contribution in [3.05, 3.63) is 21.3 Å². The summed E-state index contributed by atoms with van der Waals surface area (Å²) < 4.78 is 0.703. The predicted molar refractivity (Wildman–Crippen MR) is 78.1 cm³/mol. The van der Waals surface area contributed by atoms with E-state index in [0.717, 1.165) is 17.7 Å². The quantitative estimate of drug-likeness (QED) is 0.799. The summed E-state index contributed by atoms with van der Waals surface area (Å²) in [5.74, 6) is -0.994. The first-order chi connectivity index (χ1) is 9.54. The van der Waals surface area contributed by atoms with Gasteiger partial charge in [-0.15, -0.1) is 11.3 Å². The van der Waals surface area contributed by atoms with Crippen LogP contribution in [-0.2, 0) is 11.3 Å². The molecule has 0 spiro atoms. The standard InChI is InChI=1S/C13H17ClN2O3S/c14-11-6-5-10(20-11)7-15-13(19)16-9-3-1-8(2-4-9)12(17)18/h5-6,8-9H,1-4,7H2,(H,17,18)(H2,15,16,19). The second-order valence-electron chi connectivity index (χ2n) is 4.92. The van der Waals surface area contributed by atoms with Crippen molar-refractivity contribution in [3.8, 4) is 0 Å². The lowest BCUT2D eigenvalue weighted by Gasteiger charge is -2.26. The predicted octanol–water partition coefficient (Wildman–Crippen LogP) is 2.84. The Kier molecular flexibility index (Phi) is 5.25. The van der Waals surface area contributed by atoms with Crippen molar-refractivity contribution in [1.29, 1.82) is 0 Å². The highest BCUT2D eigenvalue weighted by molar-refractivity contribution is 7.16. The number of carbonyl (C=O) groups is 2. The van der Waals surface area contributed by atoms with Crippen LogP contribution in [0.25, 0.3) is 0 Å². The average molecular weight is 317 g/mol. The maximum Gasteiger partial charge on any atom is 0.315 e. The van der Waals surface area contributed by atoms with Crippen LogP contribution in [0.15, 0.2) is 12.1 Å². The summed E-state index contributed by atoms with van der Waals surface area (Å²) in [6.45, 7) is 0.452. The number of carbonyl (C=O) groups excluding carboxylic acids is 1. The molecule has 0 unspecified atom stereocenters. The van der Waals surface area contributed by atoms with Gasteiger partial charge in [-0.25, -0.2) is 4.79 Å². The Bertz CT molecular complexity index is 484.